The van der Waals surface area contributed by atoms with Crippen LogP contribution in [0.1, 0.15) is 15.9 Å². The van der Waals surface area contributed by atoms with Gasteiger partial charge in [-0.15, -0.1) is 0 Å². The van der Waals surface area contributed by atoms with Gasteiger partial charge in [-0.25, -0.2) is 4.90 Å². The van der Waals surface area contributed by atoms with Crippen molar-refractivity contribution in [1.29, 1.82) is 0 Å². The summed E-state index contributed by atoms with van der Waals surface area (Å²) < 4.78 is 6.14. The van der Waals surface area contributed by atoms with Gasteiger partial charge in [-0.05, 0) is 35.9 Å². The molecule has 6 rings (SSSR count). The van der Waals surface area contributed by atoms with Gasteiger partial charge in [0.2, 0.25) is 11.8 Å². The van der Waals surface area contributed by atoms with Gasteiger partial charge in [0, 0.05) is 32.9 Å². The van der Waals surface area contributed by atoms with Gasteiger partial charge in [-0.1, -0.05) is 57.9 Å². The van der Waals surface area contributed by atoms with Gasteiger partial charge in [0.05, 0.1) is 29.9 Å². The molecule has 39 heavy (non-hydrogen) atoms. The van der Waals surface area contributed by atoms with Crippen molar-refractivity contribution in [3.05, 3.63) is 97.5 Å². The molecule has 0 radical (unpaired) electrons. The Kier molecular flexibility index (Phi) is 6.04. The summed E-state index contributed by atoms with van der Waals surface area (Å²) in [6, 6.07) is 14.2. The summed E-state index contributed by atoms with van der Waals surface area (Å²) in [6.45, 7) is 0. The van der Waals surface area contributed by atoms with Crippen molar-refractivity contribution < 1.29 is 24.0 Å². The number of halogens is 2. The third-order valence-electron chi connectivity index (χ3n) is 7.48. The normalized spacial score (nSPS) is 22.9. The van der Waals surface area contributed by atoms with Crippen molar-refractivity contribution in [3.8, 4) is 5.75 Å². The van der Waals surface area contributed by atoms with Gasteiger partial charge < -0.3 is 9.64 Å². The topological polar surface area (TPSA) is 110 Å². The maximum atomic E-state index is 14.1. The second-order valence-electron chi connectivity index (χ2n) is 9.45. The summed E-state index contributed by atoms with van der Waals surface area (Å²) in [5.74, 6) is -3.32. The smallest absolute Gasteiger partial charge is 0.271 e. The van der Waals surface area contributed by atoms with Crippen LogP contribution in [0.2, 0.25) is 5.02 Å². The van der Waals surface area contributed by atoms with E-state index >= 15 is 0 Å². The number of hydrogen-bond donors (Lipinski definition) is 0. The van der Waals surface area contributed by atoms with Crippen LogP contribution in [0.25, 0.3) is 6.08 Å². The number of methoxy groups -OCH3 is 1. The number of Topliss-reactive ketones (excluding diaryl/α,β-unsaturated/α-hetero) is 1. The molecule has 4 atom stereocenters. The Labute approximate surface area is 235 Å². The molecule has 2 amide bonds. The number of carbonyl (C=O) groups excluding carboxylic acids is 3. The highest BCUT2D eigenvalue weighted by atomic mass is 79.9. The summed E-state index contributed by atoms with van der Waals surface area (Å²) in [7, 11) is 1.35. The summed E-state index contributed by atoms with van der Waals surface area (Å²) in [5, 5.41) is 11.9. The highest BCUT2D eigenvalue weighted by molar-refractivity contribution is 9.10. The van der Waals surface area contributed by atoms with Crippen LogP contribution in [0.15, 0.2) is 71.2 Å². The first-order valence-corrected chi connectivity index (χ1v) is 13.1. The van der Waals surface area contributed by atoms with Gasteiger partial charge >= 0.3 is 0 Å². The standard InChI is InChI=1S/C28H19BrClN3O6/c1-39-22-11-9-18(33(37)38)13-21(22)32-27(35)23-19-10-5-14-4-8-17(30)12-20(14)31(19)25(24(23)28(32)36)26(34)15-2-6-16(29)7-3-15/h2-13,19,23-25H,1H3/t19-,23+,24+,25+/m1/s1. The van der Waals surface area contributed by atoms with Crippen LogP contribution in [0, 0.1) is 22.0 Å². The van der Waals surface area contributed by atoms with Gasteiger partial charge in [0.15, 0.2) is 5.78 Å². The molecule has 3 aliphatic rings. The molecule has 9 nitrogen and oxygen atoms in total. The van der Waals surface area contributed by atoms with Crippen LogP contribution in [-0.4, -0.2) is 41.7 Å². The monoisotopic (exact) mass is 607 g/mol. The maximum Gasteiger partial charge on any atom is 0.271 e. The lowest BCUT2D eigenvalue weighted by Gasteiger charge is -2.36. The first kappa shape index (κ1) is 25.3. The van der Waals surface area contributed by atoms with Crippen LogP contribution < -0.4 is 14.5 Å². The average Bonchev–Trinajstić information content (AvgIpc) is 3.40. The number of nitrogens with zero attached hydrogens (tertiary/aromatic N) is 3. The van der Waals surface area contributed by atoms with Crippen molar-refractivity contribution in [2.75, 3.05) is 16.9 Å². The van der Waals surface area contributed by atoms with E-state index in [4.69, 9.17) is 16.3 Å². The van der Waals surface area contributed by atoms with Crippen LogP contribution in [0.5, 0.6) is 5.75 Å². The van der Waals surface area contributed by atoms with Crippen molar-refractivity contribution >= 4 is 68.3 Å². The van der Waals surface area contributed by atoms with E-state index in [1.165, 1.54) is 19.2 Å². The van der Waals surface area contributed by atoms with Crippen LogP contribution in [0.3, 0.4) is 0 Å². The number of fused-ring (bicyclic) bond motifs is 5. The second-order valence-corrected chi connectivity index (χ2v) is 10.8. The number of ether oxygens (including phenoxy) is 1. The molecule has 0 spiro atoms. The molecule has 2 saturated heterocycles. The Morgan fingerprint density at radius 2 is 1.72 bits per heavy atom. The third-order valence-corrected chi connectivity index (χ3v) is 8.25. The molecule has 0 aromatic heterocycles. The minimum atomic E-state index is -1.04. The number of hydrogen-bond acceptors (Lipinski definition) is 7. The fourth-order valence-electron chi connectivity index (χ4n) is 5.82. The predicted molar refractivity (Wildman–Crippen MR) is 148 cm³/mol. The number of nitro groups is 1. The molecule has 0 aliphatic carbocycles. The first-order chi connectivity index (χ1) is 18.7. The number of rotatable bonds is 5. The van der Waals surface area contributed by atoms with Gasteiger partial charge in [-0.2, -0.15) is 0 Å². The fraction of sp³-hybridized carbons (Fsp3) is 0.179. The molecular formula is C28H19BrClN3O6. The number of non-ortho nitro benzene ring substituents is 1. The fourth-order valence-corrected chi connectivity index (χ4v) is 6.25. The Morgan fingerprint density at radius 1 is 1.00 bits per heavy atom. The molecule has 196 valence electrons. The van der Waals surface area contributed by atoms with E-state index in [1.807, 2.05) is 23.1 Å². The Balaban J connectivity index is 1.51. The maximum absolute atomic E-state index is 14.1. The largest absolute Gasteiger partial charge is 0.495 e. The van der Waals surface area contributed by atoms with E-state index in [1.54, 1.807) is 36.4 Å². The lowest BCUT2D eigenvalue weighted by Crippen LogP contribution is -2.48. The number of ketones is 1. The second kappa shape index (κ2) is 9.32. The van der Waals surface area contributed by atoms with Crippen molar-refractivity contribution in [2.24, 2.45) is 11.8 Å². The Morgan fingerprint density at radius 3 is 2.41 bits per heavy atom. The number of amides is 2. The third kappa shape index (κ3) is 3.85. The predicted octanol–water partition coefficient (Wildman–Crippen LogP) is 5.29. The van der Waals surface area contributed by atoms with E-state index in [0.29, 0.717) is 16.3 Å². The molecule has 3 aromatic carbocycles. The van der Waals surface area contributed by atoms with Crippen molar-refractivity contribution in [3.63, 3.8) is 0 Å². The highest BCUT2D eigenvalue weighted by Gasteiger charge is 2.64. The zero-order valence-corrected chi connectivity index (χ0v) is 22.6. The number of anilines is 2. The number of carbonyl (C=O) groups is 3. The SMILES string of the molecule is COc1ccc([N+](=O)[O-])cc1N1C(=O)[C@@H]2[C@H](C1=O)[C@@H](C(=O)c1ccc(Br)cc1)N1c3cc(Cl)ccc3C=C[C@H]21. The molecule has 0 saturated carbocycles. The van der Waals surface area contributed by atoms with Gasteiger partial charge in [-0.3, -0.25) is 24.5 Å². The molecule has 0 unspecified atom stereocenters. The van der Waals surface area contributed by atoms with Crippen LogP contribution in [0.4, 0.5) is 17.1 Å². The first-order valence-electron chi connectivity index (χ1n) is 12.0. The van der Waals surface area contributed by atoms with E-state index in [9.17, 15) is 24.5 Å². The van der Waals surface area contributed by atoms with Crippen LogP contribution >= 0.6 is 27.5 Å². The quantitative estimate of drug-likeness (QED) is 0.168. The van der Waals surface area contributed by atoms with Crippen molar-refractivity contribution in [1.82, 2.24) is 0 Å². The molecule has 0 N–H and O–H groups in total. The van der Waals surface area contributed by atoms with E-state index in [2.05, 4.69) is 15.9 Å². The molecule has 3 aliphatic heterocycles. The average molecular weight is 609 g/mol. The van der Waals surface area contributed by atoms with E-state index in [0.717, 1.165) is 21.0 Å². The minimum Gasteiger partial charge on any atom is -0.495 e. The molecule has 11 heteroatoms. The van der Waals surface area contributed by atoms with Gasteiger partial charge in [0.25, 0.3) is 5.69 Å². The van der Waals surface area contributed by atoms with E-state index < -0.39 is 40.7 Å². The molecule has 3 heterocycles. The number of nitro benzene ring substituents is 1. The highest BCUT2D eigenvalue weighted by Crippen LogP contribution is 2.51. The molecule has 0 bridgehead atoms. The summed E-state index contributed by atoms with van der Waals surface area (Å²) in [4.78, 5) is 55.8. The number of benzene rings is 3. The molecular weight excluding hydrogens is 590 g/mol. The van der Waals surface area contributed by atoms with Gasteiger partial charge in [0.1, 0.15) is 17.5 Å². The lowest BCUT2D eigenvalue weighted by molar-refractivity contribution is -0.384. The van der Waals surface area contributed by atoms with E-state index in [-0.39, 0.29) is 22.9 Å². The minimum absolute atomic E-state index is 0.0271. The number of imide groups is 1. The molecule has 2 fully saturated rings. The Bertz CT molecular complexity index is 1610. The Hall–Kier alpha value is -4.02. The lowest BCUT2D eigenvalue weighted by atomic mass is 9.86. The summed E-state index contributed by atoms with van der Waals surface area (Å²) in [6.07, 6.45) is 3.67. The summed E-state index contributed by atoms with van der Waals surface area (Å²) in [5.41, 5.74) is 1.52. The van der Waals surface area contributed by atoms with Crippen LogP contribution in [-0.2, 0) is 9.59 Å². The van der Waals surface area contributed by atoms with Crippen molar-refractivity contribution in [2.45, 2.75) is 12.1 Å². The summed E-state index contributed by atoms with van der Waals surface area (Å²) >= 11 is 9.71. The molecule has 3 aromatic rings. The zero-order chi connectivity index (χ0) is 27.6. The zero-order valence-electron chi connectivity index (χ0n) is 20.3.